The molecular weight excluding hydrogens is 356 g/mol. The molecule has 134 valence electrons. The Balaban J connectivity index is 1.84. The minimum absolute atomic E-state index is 0.0726. The molecule has 0 saturated heterocycles. The fraction of sp³-hybridized carbons (Fsp3) is 0.118. The lowest BCUT2D eigenvalue weighted by Crippen LogP contribution is -2.10. The monoisotopic (exact) mass is 372 g/mol. The summed E-state index contributed by atoms with van der Waals surface area (Å²) in [5, 5.41) is 11.4. The van der Waals surface area contributed by atoms with Gasteiger partial charge in [-0.3, -0.25) is 0 Å². The van der Waals surface area contributed by atoms with Gasteiger partial charge in [0.05, 0.1) is 13.3 Å². The number of aromatic nitrogens is 3. The Kier molecular flexibility index (Phi) is 4.99. The zero-order chi connectivity index (χ0) is 18.6. The highest BCUT2D eigenvalue weighted by atomic mass is 32.2. The Morgan fingerprint density at radius 1 is 1.04 bits per heavy atom. The summed E-state index contributed by atoms with van der Waals surface area (Å²) in [5.41, 5.74) is 1.65. The number of methoxy groups -OCH3 is 1. The van der Waals surface area contributed by atoms with Gasteiger partial charge in [-0.25, -0.2) is 4.68 Å². The Hall–Kier alpha value is -3.20. The molecule has 1 heterocycles. The third-order valence-electron chi connectivity index (χ3n) is 3.44. The van der Waals surface area contributed by atoms with E-state index in [1.54, 1.807) is 30.5 Å². The van der Waals surface area contributed by atoms with E-state index >= 15 is 0 Å². The Bertz CT molecular complexity index is 1010. The van der Waals surface area contributed by atoms with E-state index in [1.165, 1.54) is 42.6 Å². The quantitative estimate of drug-likeness (QED) is 0.486. The smallest absolute Gasteiger partial charge is 0.339 e. The molecule has 0 unspecified atom stereocenters. The van der Waals surface area contributed by atoms with E-state index < -0.39 is 10.1 Å². The molecule has 2 aromatic carbocycles. The molecule has 26 heavy (non-hydrogen) atoms. The van der Waals surface area contributed by atoms with Crippen molar-refractivity contribution < 1.29 is 17.3 Å². The molecule has 9 heteroatoms. The molecule has 0 N–H and O–H groups in total. The molecule has 0 radical (unpaired) electrons. The van der Waals surface area contributed by atoms with E-state index in [4.69, 9.17) is 8.92 Å². The summed E-state index contributed by atoms with van der Waals surface area (Å²) in [6, 6.07) is 11.2. The fourth-order valence-corrected chi connectivity index (χ4v) is 3.03. The first kappa shape index (κ1) is 17.6. The number of hydrogen-bond acceptors (Lipinski definition) is 7. The van der Waals surface area contributed by atoms with Gasteiger partial charge in [-0.2, -0.15) is 13.5 Å². The lowest BCUT2D eigenvalue weighted by molar-refractivity contribution is 0.390. The van der Waals surface area contributed by atoms with Crippen LogP contribution in [-0.4, -0.2) is 36.6 Å². The minimum Gasteiger partial charge on any atom is -0.493 e. The van der Waals surface area contributed by atoms with Crippen LogP contribution in [0.3, 0.4) is 0 Å². The molecule has 0 aliphatic heterocycles. The Morgan fingerprint density at radius 2 is 1.73 bits per heavy atom. The number of aryl methyl sites for hydroxylation is 1. The van der Waals surface area contributed by atoms with E-state index in [-0.39, 0.29) is 16.4 Å². The molecule has 1 aromatic heterocycles. The SMILES string of the molecule is COc1cc(/C=N\n2cnnc2)ccc1OS(=O)(=O)c1ccc(C)cc1. The van der Waals surface area contributed by atoms with E-state index in [0.717, 1.165) is 5.56 Å². The van der Waals surface area contributed by atoms with E-state index in [9.17, 15) is 8.42 Å². The molecular formula is C17H16N4O4S. The Morgan fingerprint density at radius 3 is 2.38 bits per heavy atom. The standard InChI is InChI=1S/C17H16N4O4S/c1-13-3-6-15(7-4-13)26(22,23)25-16-8-5-14(9-17(16)24-2)10-20-21-11-18-19-12-21/h3-12H,1-2H3/b20-10-. The van der Waals surface area contributed by atoms with Crippen molar-refractivity contribution in [3.05, 3.63) is 66.2 Å². The molecule has 0 bridgehead atoms. The molecule has 3 rings (SSSR count). The first-order valence-corrected chi connectivity index (χ1v) is 8.97. The lowest BCUT2D eigenvalue weighted by Gasteiger charge is -2.11. The molecule has 0 aliphatic carbocycles. The third kappa shape index (κ3) is 4.06. The molecule has 0 amide bonds. The van der Waals surface area contributed by atoms with Crippen molar-refractivity contribution in [3.8, 4) is 11.5 Å². The van der Waals surface area contributed by atoms with Crippen LogP contribution >= 0.6 is 0 Å². The van der Waals surface area contributed by atoms with Gasteiger partial charge in [-0.1, -0.05) is 17.7 Å². The average Bonchev–Trinajstić information content (AvgIpc) is 3.14. The summed E-state index contributed by atoms with van der Waals surface area (Å²) >= 11 is 0. The summed E-state index contributed by atoms with van der Waals surface area (Å²) in [4.78, 5) is 0.0726. The number of nitrogens with zero attached hydrogens (tertiary/aromatic N) is 4. The van der Waals surface area contributed by atoms with Crippen LogP contribution in [0, 0.1) is 6.92 Å². The maximum absolute atomic E-state index is 12.4. The van der Waals surface area contributed by atoms with Crippen molar-refractivity contribution in [1.29, 1.82) is 0 Å². The summed E-state index contributed by atoms with van der Waals surface area (Å²) in [5.74, 6) is 0.364. The molecule has 8 nitrogen and oxygen atoms in total. The molecule has 0 aliphatic rings. The molecule has 0 saturated carbocycles. The van der Waals surface area contributed by atoms with Crippen LogP contribution in [0.4, 0.5) is 0 Å². The minimum atomic E-state index is -3.96. The van der Waals surface area contributed by atoms with Crippen LogP contribution < -0.4 is 8.92 Å². The normalized spacial score (nSPS) is 11.6. The molecule has 3 aromatic rings. The Labute approximate surface area is 150 Å². The van der Waals surface area contributed by atoms with Crippen molar-refractivity contribution in [2.75, 3.05) is 7.11 Å². The van der Waals surface area contributed by atoms with Gasteiger partial charge >= 0.3 is 10.1 Å². The van der Waals surface area contributed by atoms with Gasteiger partial charge in [0.25, 0.3) is 0 Å². The molecule has 0 atom stereocenters. The number of hydrogen-bond donors (Lipinski definition) is 0. The first-order valence-electron chi connectivity index (χ1n) is 7.56. The van der Waals surface area contributed by atoms with Crippen LogP contribution in [0.15, 0.2) is 65.1 Å². The van der Waals surface area contributed by atoms with Gasteiger partial charge < -0.3 is 8.92 Å². The van der Waals surface area contributed by atoms with Crippen LogP contribution in [-0.2, 0) is 10.1 Å². The average molecular weight is 372 g/mol. The van der Waals surface area contributed by atoms with Crippen molar-refractivity contribution in [2.45, 2.75) is 11.8 Å². The van der Waals surface area contributed by atoms with Crippen molar-refractivity contribution in [1.82, 2.24) is 14.9 Å². The third-order valence-corrected chi connectivity index (χ3v) is 4.69. The zero-order valence-electron chi connectivity index (χ0n) is 14.1. The first-order chi connectivity index (χ1) is 12.5. The molecule has 0 spiro atoms. The van der Waals surface area contributed by atoms with Gasteiger partial charge in [-0.05, 0) is 42.8 Å². The van der Waals surface area contributed by atoms with Gasteiger partial charge in [0.1, 0.15) is 17.6 Å². The second-order valence-electron chi connectivity index (χ2n) is 5.35. The van der Waals surface area contributed by atoms with Crippen molar-refractivity contribution >= 4 is 16.3 Å². The molecule has 0 fully saturated rings. The van der Waals surface area contributed by atoms with E-state index in [1.807, 2.05) is 6.92 Å². The van der Waals surface area contributed by atoms with Crippen LogP contribution in [0.1, 0.15) is 11.1 Å². The zero-order valence-corrected chi connectivity index (χ0v) is 14.9. The number of benzene rings is 2. The maximum Gasteiger partial charge on any atom is 0.339 e. The van der Waals surface area contributed by atoms with Crippen LogP contribution in [0.25, 0.3) is 0 Å². The highest BCUT2D eigenvalue weighted by Crippen LogP contribution is 2.30. The second-order valence-corrected chi connectivity index (χ2v) is 6.89. The van der Waals surface area contributed by atoms with Crippen molar-refractivity contribution in [2.24, 2.45) is 5.10 Å². The summed E-state index contributed by atoms with van der Waals surface area (Å²) in [7, 11) is -2.53. The number of rotatable bonds is 6. The van der Waals surface area contributed by atoms with Gasteiger partial charge in [-0.15, -0.1) is 10.2 Å². The lowest BCUT2D eigenvalue weighted by atomic mass is 10.2. The predicted molar refractivity (Wildman–Crippen MR) is 95.0 cm³/mol. The van der Waals surface area contributed by atoms with Crippen LogP contribution in [0.5, 0.6) is 11.5 Å². The van der Waals surface area contributed by atoms with E-state index in [0.29, 0.717) is 5.56 Å². The van der Waals surface area contributed by atoms with Gasteiger partial charge in [0.2, 0.25) is 0 Å². The second kappa shape index (κ2) is 7.36. The number of ether oxygens (including phenoxy) is 1. The van der Waals surface area contributed by atoms with Gasteiger partial charge in [0, 0.05) is 0 Å². The summed E-state index contributed by atoms with van der Waals surface area (Å²) in [6.45, 7) is 1.88. The van der Waals surface area contributed by atoms with Gasteiger partial charge in [0.15, 0.2) is 11.5 Å². The van der Waals surface area contributed by atoms with Crippen molar-refractivity contribution in [3.63, 3.8) is 0 Å². The topological polar surface area (TPSA) is 95.7 Å². The maximum atomic E-state index is 12.4. The largest absolute Gasteiger partial charge is 0.493 e. The fourth-order valence-electron chi connectivity index (χ4n) is 2.09. The highest BCUT2D eigenvalue weighted by Gasteiger charge is 2.19. The van der Waals surface area contributed by atoms with E-state index in [2.05, 4.69) is 15.3 Å². The highest BCUT2D eigenvalue weighted by molar-refractivity contribution is 7.87. The van der Waals surface area contributed by atoms with Crippen LogP contribution in [0.2, 0.25) is 0 Å². The summed E-state index contributed by atoms with van der Waals surface area (Å²) < 4.78 is 36.8. The summed E-state index contributed by atoms with van der Waals surface area (Å²) in [6.07, 6.45) is 4.45. The predicted octanol–water partition coefficient (Wildman–Crippen LogP) is 2.25.